The maximum atomic E-state index is 12.5. The summed E-state index contributed by atoms with van der Waals surface area (Å²) in [5, 5.41) is 3.03. The Morgan fingerprint density at radius 3 is 2.62 bits per heavy atom. The number of carbonyl (C=O) groups is 1. The predicted molar refractivity (Wildman–Crippen MR) is 97.8 cm³/mol. The van der Waals surface area contributed by atoms with Crippen LogP contribution < -0.4 is 11.0 Å². The molecule has 2 heterocycles. The number of carbonyl (C=O) groups excluding carboxylic acids is 1. The van der Waals surface area contributed by atoms with E-state index in [0.717, 1.165) is 16.8 Å². The minimum atomic E-state index is -0.366. The normalized spacial score (nSPS) is 11.9. The lowest BCUT2D eigenvalue weighted by atomic mass is 10.0. The lowest BCUT2D eigenvalue weighted by Gasteiger charge is -2.17. The molecule has 0 radical (unpaired) electrons. The summed E-state index contributed by atoms with van der Waals surface area (Å²) in [6.45, 7) is 3.60. The highest BCUT2D eigenvalue weighted by atomic mass is 16.3. The molecule has 134 valence electrons. The number of furan rings is 1. The molecule has 3 aromatic rings. The number of amides is 1. The molecule has 1 unspecified atom stereocenters. The molecule has 0 saturated heterocycles. The van der Waals surface area contributed by atoms with Gasteiger partial charge in [-0.15, -0.1) is 0 Å². The monoisotopic (exact) mass is 351 g/mol. The number of nitrogens with zero attached hydrogens (tertiary/aromatic N) is 1. The van der Waals surface area contributed by atoms with Gasteiger partial charge in [0.25, 0.3) is 0 Å². The van der Waals surface area contributed by atoms with Crippen LogP contribution in [0.15, 0.2) is 57.9 Å². The molecule has 6 heteroatoms. The zero-order valence-corrected chi connectivity index (χ0v) is 14.8. The lowest BCUT2D eigenvalue weighted by Crippen LogP contribution is -2.29. The van der Waals surface area contributed by atoms with Gasteiger partial charge in [0, 0.05) is 17.8 Å². The Morgan fingerprint density at radius 2 is 1.96 bits per heavy atom. The van der Waals surface area contributed by atoms with E-state index >= 15 is 0 Å². The van der Waals surface area contributed by atoms with Gasteiger partial charge in [0.05, 0.1) is 6.26 Å². The molecule has 0 aliphatic carbocycles. The second-order valence-electron chi connectivity index (χ2n) is 6.16. The first-order valence-corrected chi connectivity index (χ1v) is 8.48. The summed E-state index contributed by atoms with van der Waals surface area (Å²) < 4.78 is 5.50. The third-order valence-electron chi connectivity index (χ3n) is 4.32. The lowest BCUT2D eigenvalue weighted by molar-refractivity contribution is -0.121. The van der Waals surface area contributed by atoms with Gasteiger partial charge in [-0.05, 0) is 43.5 Å². The van der Waals surface area contributed by atoms with Crippen LogP contribution in [0.3, 0.4) is 0 Å². The van der Waals surface area contributed by atoms with Gasteiger partial charge in [-0.1, -0.05) is 30.3 Å². The molecule has 0 aliphatic rings. The van der Waals surface area contributed by atoms with Gasteiger partial charge in [-0.2, -0.15) is 4.98 Å². The molecule has 0 spiro atoms. The fourth-order valence-corrected chi connectivity index (χ4v) is 3.01. The van der Waals surface area contributed by atoms with Crippen molar-refractivity contribution in [3.63, 3.8) is 0 Å². The number of H-pyrrole nitrogens is 1. The molecule has 0 aliphatic heterocycles. The van der Waals surface area contributed by atoms with Gasteiger partial charge in [0.15, 0.2) is 0 Å². The second kappa shape index (κ2) is 7.82. The maximum Gasteiger partial charge on any atom is 0.345 e. The molecule has 3 rings (SSSR count). The molecule has 0 saturated carbocycles. The Hall–Kier alpha value is -3.15. The van der Waals surface area contributed by atoms with Crippen molar-refractivity contribution >= 4 is 5.91 Å². The Morgan fingerprint density at radius 1 is 1.19 bits per heavy atom. The topological polar surface area (TPSA) is 88.0 Å². The molecule has 0 bridgehead atoms. The van der Waals surface area contributed by atoms with E-state index in [1.807, 2.05) is 43.3 Å². The van der Waals surface area contributed by atoms with Gasteiger partial charge >= 0.3 is 5.69 Å². The van der Waals surface area contributed by atoms with E-state index in [0.29, 0.717) is 24.3 Å². The molecule has 2 N–H and O–H groups in total. The first-order chi connectivity index (χ1) is 12.5. The fraction of sp³-hybridized carbons (Fsp3) is 0.250. The van der Waals surface area contributed by atoms with Crippen LogP contribution >= 0.6 is 0 Å². The van der Waals surface area contributed by atoms with Gasteiger partial charge in [0.1, 0.15) is 11.8 Å². The summed E-state index contributed by atoms with van der Waals surface area (Å²) in [6, 6.07) is 13.0. The molecule has 1 amide bonds. The highest BCUT2D eigenvalue weighted by Crippen LogP contribution is 2.22. The number of aromatic nitrogens is 2. The zero-order chi connectivity index (χ0) is 18.5. The minimum Gasteiger partial charge on any atom is -0.467 e. The summed E-state index contributed by atoms with van der Waals surface area (Å²) in [5.41, 5.74) is 2.89. The van der Waals surface area contributed by atoms with E-state index in [-0.39, 0.29) is 17.6 Å². The minimum absolute atomic E-state index is 0.0970. The van der Waals surface area contributed by atoms with Crippen LogP contribution in [0.1, 0.15) is 40.7 Å². The maximum absolute atomic E-state index is 12.5. The standard InChI is InChI=1S/C20H21N3O3/c1-13-16(14(2)22-20(25)21-13)10-11-18(24)23-19(17-9-6-12-26-17)15-7-4-3-5-8-15/h3-9,12,19H,10-11H2,1-2H3,(H,23,24)(H,21,22,25). The van der Waals surface area contributed by atoms with E-state index in [9.17, 15) is 9.59 Å². The smallest absolute Gasteiger partial charge is 0.345 e. The number of aromatic amines is 1. The van der Waals surface area contributed by atoms with E-state index in [1.54, 1.807) is 19.3 Å². The fourth-order valence-electron chi connectivity index (χ4n) is 3.01. The molecule has 2 aromatic heterocycles. The Labute approximate surface area is 151 Å². The Bertz CT molecular complexity index is 904. The second-order valence-corrected chi connectivity index (χ2v) is 6.16. The van der Waals surface area contributed by atoms with Crippen molar-refractivity contribution in [2.24, 2.45) is 0 Å². The predicted octanol–water partition coefficient (Wildman–Crippen LogP) is 2.82. The van der Waals surface area contributed by atoms with E-state index < -0.39 is 0 Å². The average Bonchev–Trinajstić information content (AvgIpc) is 3.14. The van der Waals surface area contributed by atoms with Crippen LogP contribution in [0.5, 0.6) is 0 Å². The molecule has 26 heavy (non-hydrogen) atoms. The van der Waals surface area contributed by atoms with Crippen LogP contribution in [-0.4, -0.2) is 15.9 Å². The van der Waals surface area contributed by atoms with Crippen LogP contribution in [0.25, 0.3) is 0 Å². The van der Waals surface area contributed by atoms with Crippen molar-refractivity contribution in [1.29, 1.82) is 0 Å². The van der Waals surface area contributed by atoms with Crippen LogP contribution in [0.4, 0.5) is 0 Å². The molecular formula is C20H21N3O3. The van der Waals surface area contributed by atoms with Crippen molar-refractivity contribution in [3.05, 3.63) is 87.5 Å². The van der Waals surface area contributed by atoms with Gasteiger partial charge in [0.2, 0.25) is 5.91 Å². The third kappa shape index (κ3) is 4.08. The SMILES string of the molecule is Cc1nc(=O)[nH]c(C)c1CCC(=O)NC(c1ccccc1)c1ccco1. The first-order valence-electron chi connectivity index (χ1n) is 8.48. The van der Waals surface area contributed by atoms with Crippen molar-refractivity contribution in [3.8, 4) is 0 Å². The van der Waals surface area contributed by atoms with Crippen molar-refractivity contribution in [1.82, 2.24) is 15.3 Å². The molecular weight excluding hydrogens is 330 g/mol. The van der Waals surface area contributed by atoms with Gasteiger partial charge in [-0.25, -0.2) is 4.79 Å². The van der Waals surface area contributed by atoms with Crippen molar-refractivity contribution < 1.29 is 9.21 Å². The van der Waals surface area contributed by atoms with Crippen LogP contribution in [-0.2, 0) is 11.2 Å². The number of nitrogens with one attached hydrogen (secondary N) is 2. The molecule has 1 aromatic carbocycles. The van der Waals surface area contributed by atoms with Crippen molar-refractivity contribution in [2.75, 3.05) is 0 Å². The molecule has 6 nitrogen and oxygen atoms in total. The van der Waals surface area contributed by atoms with E-state index in [2.05, 4.69) is 15.3 Å². The van der Waals surface area contributed by atoms with Gasteiger partial charge < -0.3 is 14.7 Å². The third-order valence-corrected chi connectivity index (χ3v) is 4.32. The van der Waals surface area contributed by atoms with Crippen LogP contribution in [0.2, 0.25) is 0 Å². The highest BCUT2D eigenvalue weighted by molar-refractivity contribution is 5.77. The molecule has 1 atom stereocenters. The summed E-state index contributed by atoms with van der Waals surface area (Å²) >= 11 is 0. The van der Waals surface area contributed by atoms with Crippen molar-refractivity contribution in [2.45, 2.75) is 32.7 Å². The Balaban J connectivity index is 1.72. The summed E-state index contributed by atoms with van der Waals surface area (Å²) in [6.07, 6.45) is 2.39. The first kappa shape index (κ1) is 17.7. The van der Waals surface area contributed by atoms with Gasteiger partial charge in [-0.3, -0.25) is 4.79 Å². The number of benzene rings is 1. The zero-order valence-electron chi connectivity index (χ0n) is 14.8. The van der Waals surface area contributed by atoms with E-state index in [4.69, 9.17) is 4.42 Å². The quantitative estimate of drug-likeness (QED) is 0.715. The summed E-state index contributed by atoms with van der Waals surface area (Å²) in [5.74, 6) is 0.586. The number of aryl methyl sites for hydroxylation is 2. The Kier molecular flexibility index (Phi) is 5.31. The largest absolute Gasteiger partial charge is 0.467 e. The van der Waals surface area contributed by atoms with Crippen LogP contribution in [0, 0.1) is 13.8 Å². The number of rotatable bonds is 6. The summed E-state index contributed by atoms with van der Waals surface area (Å²) in [7, 11) is 0. The highest BCUT2D eigenvalue weighted by Gasteiger charge is 2.19. The van der Waals surface area contributed by atoms with E-state index in [1.165, 1.54) is 0 Å². The number of hydrogen-bond donors (Lipinski definition) is 2. The molecule has 0 fully saturated rings. The number of hydrogen-bond acceptors (Lipinski definition) is 4. The average molecular weight is 351 g/mol. The summed E-state index contributed by atoms with van der Waals surface area (Å²) in [4.78, 5) is 30.5.